The zero-order chi connectivity index (χ0) is 17.4. The van der Waals surface area contributed by atoms with Crippen molar-refractivity contribution in [3.63, 3.8) is 0 Å². The number of nitrogens with zero attached hydrogens (tertiary/aromatic N) is 4. The summed E-state index contributed by atoms with van der Waals surface area (Å²) in [5, 5.41) is 0.451. The predicted octanol–water partition coefficient (Wildman–Crippen LogP) is 2.10. The van der Waals surface area contributed by atoms with Gasteiger partial charge in [0, 0.05) is 32.5 Å². The molecular formula is C18H20N4O2. The number of rotatable bonds is 3. The molecule has 0 saturated carbocycles. The van der Waals surface area contributed by atoms with E-state index in [1.165, 1.54) is 11.6 Å². The lowest BCUT2D eigenvalue weighted by atomic mass is 10.1. The van der Waals surface area contributed by atoms with Gasteiger partial charge in [-0.3, -0.25) is 13.9 Å². The molecule has 0 unspecified atom stereocenters. The molecule has 24 heavy (non-hydrogen) atoms. The third-order valence-corrected chi connectivity index (χ3v) is 4.33. The Hall–Kier alpha value is -2.89. The Kier molecular flexibility index (Phi) is 3.97. The van der Waals surface area contributed by atoms with E-state index in [9.17, 15) is 9.59 Å². The molecule has 0 saturated heterocycles. The third kappa shape index (κ3) is 2.31. The van der Waals surface area contributed by atoms with E-state index < -0.39 is 0 Å². The minimum atomic E-state index is -0.379. The number of pyridine rings is 1. The fourth-order valence-electron chi connectivity index (χ4n) is 3.03. The van der Waals surface area contributed by atoms with Gasteiger partial charge in [0.15, 0.2) is 5.65 Å². The van der Waals surface area contributed by atoms with Crippen molar-refractivity contribution < 1.29 is 0 Å². The van der Waals surface area contributed by atoms with Crippen molar-refractivity contribution in [3.05, 3.63) is 62.9 Å². The van der Waals surface area contributed by atoms with Gasteiger partial charge in [0.2, 0.25) is 0 Å². The molecule has 0 atom stereocenters. The number of fused-ring (bicyclic) bond motifs is 1. The standard InChI is InChI=1S/C18H20N4O2/c1-5-22(13-9-7-6-8-12(13)2)14-10-11-19-16-15(14)17(23)21(4)18(24)20(16)3/h6-11H,5H2,1-4H3. The van der Waals surface area contributed by atoms with Crippen LogP contribution in [0, 0.1) is 6.92 Å². The van der Waals surface area contributed by atoms with E-state index in [1.807, 2.05) is 44.2 Å². The summed E-state index contributed by atoms with van der Waals surface area (Å²) in [7, 11) is 3.12. The summed E-state index contributed by atoms with van der Waals surface area (Å²) < 4.78 is 2.53. The van der Waals surface area contributed by atoms with Crippen LogP contribution in [0.4, 0.5) is 11.4 Å². The Balaban J connectivity index is 2.40. The van der Waals surface area contributed by atoms with Gasteiger partial charge in [-0.25, -0.2) is 9.78 Å². The quantitative estimate of drug-likeness (QED) is 0.740. The lowest BCUT2D eigenvalue weighted by molar-refractivity contribution is 0.707. The van der Waals surface area contributed by atoms with Gasteiger partial charge >= 0.3 is 5.69 Å². The molecule has 0 aliphatic rings. The molecule has 0 bridgehead atoms. The highest BCUT2D eigenvalue weighted by Crippen LogP contribution is 2.30. The highest BCUT2D eigenvalue weighted by molar-refractivity contribution is 5.91. The molecule has 124 valence electrons. The molecular weight excluding hydrogens is 304 g/mol. The molecule has 0 N–H and O–H groups in total. The zero-order valence-corrected chi connectivity index (χ0v) is 14.3. The fraction of sp³-hybridized carbons (Fsp3) is 0.278. The van der Waals surface area contributed by atoms with Crippen molar-refractivity contribution in [2.24, 2.45) is 14.1 Å². The molecule has 6 nitrogen and oxygen atoms in total. The minimum Gasteiger partial charge on any atom is -0.341 e. The summed E-state index contributed by atoms with van der Waals surface area (Å²) in [5.41, 5.74) is 2.59. The molecule has 0 radical (unpaired) electrons. The van der Waals surface area contributed by atoms with Crippen LogP contribution in [0.3, 0.4) is 0 Å². The molecule has 6 heteroatoms. The first-order valence-corrected chi connectivity index (χ1v) is 7.85. The topological polar surface area (TPSA) is 60.1 Å². The number of benzene rings is 1. The number of hydrogen-bond acceptors (Lipinski definition) is 4. The Morgan fingerprint density at radius 1 is 1.04 bits per heavy atom. The first kappa shape index (κ1) is 16.0. The molecule has 3 rings (SSSR count). The van der Waals surface area contributed by atoms with E-state index in [0.717, 1.165) is 21.5 Å². The lowest BCUT2D eigenvalue weighted by Crippen LogP contribution is -2.38. The second-order valence-electron chi connectivity index (χ2n) is 5.77. The van der Waals surface area contributed by atoms with Gasteiger partial charge in [-0.1, -0.05) is 18.2 Å². The van der Waals surface area contributed by atoms with Crippen molar-refractivity contribution in [3.8, 4) is 0 Å². The SMILES string of the molecule is CCN(c1ccccc1C)c1ccnc2c1c(=O)n(C)c(=O)n2C. The summed E-state index contributed by atoms with van der Waals surface area (Å²) in [4.78, 5) is 31.2. The average Bonchev–Trinajstić information content (AvgIpc) is 2.60. The maximum absolute atomic E-state index is 12.7. The fourth-order valence-corrected chi connectivity index (χ4v) is 3.03. The summed E-state index contributed by atoms with van der Waals surface area (Å²) in [6.45, 7) is 4.76. The van der Waals surface area contributed by atoms with E-state index in [4.69, 9.17) is 0 Å². The van der Waals surface area contributed by atoms with Crippen LogP contribution in [-0.4, -0.2) is 20.7 Å². The molecule has 0 amide bonds. The third-order valence-electron chi connectivity index (χ3n) is 4.33. The zero-order valence-electron chi connectivity index (χ0n) is 14.3. The molecule has 3 aromatic rings. The van der Waals surface area contributed by atoms with Gasteiger partial charge in [0.05, 0.1) is 5.69 Å². The Morgan fingerprint density at radius 3 is 2.42 bits per heavy atom. The Bertz CT molecular complexity index is 1030. The molecule has 0 spiro atoms. The first-order chi connectivity index (χ1) is 11.5. The van der Waals surface area contributed by atoms with Gasteiger partial charge in [-0.2, -0.15) is 0 Å². The van der Waals surface area contributed by atoms with Crippen LogP contribution in [0.5, 0.6) is 0 Å². The molecule has 0 aliphatic carbocycles. The lowest BCUT2D eigenvalue weighted by Gasteiger charge is -2.26. The number of para-hydroxylation sites is 1. The molecule has 1 aromatic carbocycles. The van der Waals surface area contributed by atoms with Crippen LogP contribution >= 0.6 is 0 Å². The number of anilines is 2. The second-order valence-corrected chi connectivity index (χ2v) is 5.77. The normalized spacial score (nSPS) is 11.0. The Labute approximate surface area is 139 Å². The van der Waals surface area contributed by atoms with Gasteiger partial charge < -0.3 is 4.90 Å². The van der Waals surface area contributed by atoms with E-state index in [1.54, 1.807) is 13.2 Å². The van der Waals surface area contributed by atoms with Gasteiger partial charge in [0.25, 0.3) is 5.56 Å². The second kappa shape index (κ2) is 5.96. The molecule has 2 heterocycles. The van der Waals surface area contributed by atoms with Gasteiger partial charge in [0.1, 0.15) is 5.39 Å². The smallest absolute Gasteiger partial charge is 0.332 e. The van der Waals surface area contributed by atoms with E-state index >= 15 is 0 Å². The summed E-state index contributed by atoms with van der Waals surface area (Å²) in [6.07, 6.45) is 1.64. The maximum Gasteiger partial charge on any atom is 0.332 e. The summed E-state index contributed by atoms with van der Waals surface area (Å²) in [5.74, 6) is 0. The highest BCUT2D eigenvalue weighted by atomic mass is 16.2. The van der Waals surface area contributed by atoms with Crippen molar-refractivity contribution in [1.82, 2.24) is 14.1 Å². The van der Waals surface area contributed by atoms with E-state index in [-0.39, 0.29) is 11.2 Å². The first-order valence-electron chi connectivity index (χ1n) is 7.85. The number of hydrogen-bond donors (Lipinski definition) is 0. The van der Waals surface area contributed by atoms with Crippen LogP contribution in [0.1, 0.15) is 12.5 Å². The monoisotopic (exact) mass is 324 g/mol. The van der Waals surface area contributed by atoms with Crippen LogP contribution in [0.2, 0.25) is 0 Å². The minimum absolute atomic E-state index is 0.330. The van der Waals surface area contributed by atoms with Crippen LogP contribution in [-0.2, 0) is 14.1 Å². The van der Waals surface area contributed by atoms with Crippen molar-refractivity contribution >= 4 is 22.4 Å². The predicted molar refractivity (Wildman–Crippen MR) is 96.1 cm³/mol. The Morgan fingerprint density at radius 2 is 1.75 bits per heavy atom. The van der Waals surface area contributed by atoms with Crippen LogP contribution in [0.25, 0.3) is 11.0 Å². The number of aryl methyl sites for hydroxylation is 2. The molecule has 0 fully saturated rings. The van der Waals surface area contributed by atoms with Crippen molar-refractivity contribution in [2.45, 2.75) is 13.8 Å². The van der Waals surface area contributed by atoms with E-state index in [0.29, 0.717) is 17.6 Å². The summed E-state index contributed by atoms with van der Waals surface area (Å²) >= 11 is 0. The summed E-state index contributed by atoms with van der Waals surface area (Å²) in [6, 6.07) is 9.85. The van der Waals surface area contributed by atoms with Crippen molar-refractivity contribution in [2.75, 3.05) is 11.4 Å². The maximum atomic E-state index is 12.7. The van der Waals surface area contributed by atoms with Crippen molar-refractivity contribution in [1.29, 1.82) is 0 Å². The van der Waals surface area contributed by atoms with Gasteiger partial charge in [-0.15, -0.1) is 0 Å². The number of aromatic nitrogens is 3. The molecule has 2 aromatic heterocycles. The van der Waals surface area contributed by atoms with Crippen LogP contribution < -0.4 is 16.1 Å². The molecule has 0 aliphatic heterocycles. The average molecular weight is 324 g/mol. The van der Waals surface area contributed by atoms with E-state index in [2.05, 4.69) is 9.88 Å². The largest absolute Gasteiger partial charge is 0.341 e. The van der Waals surface area contributed by atoms with Crippen LogP contribution in [0.15, 0.2) is 46.1 Å². The van der Waals surface area contributed by atoms with Gasteiger partial charge in [-0.05, 0) is 31.5 Å². The highest BCUT2D eigenvalue weighted by Gasteiger charge is 2.18.